The van der Waals surface area contributed by atoms with Crippen molar-refractivity contribution in [1.29, 1.82) is 0 Å². The largest absolute Gasteiger partial charge is 0.378 e. The predicted molar refractivity (Wildman–Crippen MR) is 108 cm³/mol. The molecular formula is C23H27N3. The molecule has 3 heteroatoms. The van der Waals surface area contributed by atoms with Crippen LogP contribution in [-0.4, -0.2) is 29.2 Å². The Morgan fingerprint density at radius 1 is 1.12 bits per heavy atom. The van der Waals surface area contributed by atoms with E-state index in [4.69, 9.17) is 0 Å². The van der Waals surface area contributed by atoms with Gasteiger partial charge in [0.2, 0.25) is 0 Å². The lowest BCUT2D eigenvalue weighted by Gasteiger charge is -2.53. The highest BCUT2D eigenvalue weighted by Gasteiger charge is 2.44. The van der Waals surface area contributed by atoms with Crippen molar-refractivity contribution in [3.05, 3.63) is 64.7 Å². The first kappa shape index (κ1) is 16.1. The summed E-state index contributed by atoms with van der Waals surface area (Å²) in [6, 6.07) is 16.6. The van der Waals surface area contributed by atoms with Crippen LogP contribution in [0.2, 0.25) is 0 Å². The zero-order valence-electron chi connectivity index (χ0n) is 15.5. The third-order valence-electron chi connectivity index (χ3n) is 6.49. The highest BCUT2D eigenvalue weighted by molar-refractivity contribution is 5.86. The summed E-state index contributed by atoms with van der Waals surface area (Å²) in [7, 11) is 0. The third-order valence-corrected chi connectivity index (χ3v) is 6.49. The van der Waals surface area contributed by atoms with Gasteiger partial charge in [-0.25, -0.2) is 0 Å². The number of aliphatic imine (C=N–C) groups is 1. The Bertz CT molecular complexity index is 829. The summed E-state index contributed by atoms with van der Waals surface area (Å²) in [6.45, 7) is 5.22. The topological polar surface area (TPSA) is 27.6 Å². The minimum absolute atomic E-state index is 0.226. The van der Waals surface area contributed by atoms with Crippen LogP contribution in [0.25, 0.3) is 0 Å². The minimum atomic E-state index is 0.226. The van der Waals surface area contributed by atoms with Crippen molar-refractivity contribution in [1.82, 2.24) is 4.90 Å². The number of anilines is 1. The van der Waals surface area contributed by atoms with Gasteiger partial charge in [0, 0.05) is 31.0 Å². The molecular weight excluding hydrogens is 318 g/mol. The van der Waals surface area contributed by atoms with Gasteiger partial charge in [-0.3, -0.25) is 9.89 Å². The highest BCUT2D eigenvalue weighted by Crippen LogP contribution is 2.41. The van der Waals surface area contributed by atoms with Gasteiger partial charge in [0.1, 0.15) is 0 Å². The quantitative estimate of drug-likeness (QED) is 0.881. The Morgan fingerprint density at radius 3 is 2.73 bits per heavy atom. The van der Waals surface area contributed by atoms with Gasteiger partial charge in [-0.15, -0.1) is 0 Å². The van der Waals surface area contributed by atoms with Crippen molar-refractivity contribution in [3.8, 4) is 0 Å². The number of nitrogens with one attached hydrogen (secondary N) is 1. The van der Waals surface area contributed by atoms with Crippen LogP contribution in [-0.2, 0) is 13.1 Å². The maximum atomic E-state index is 4.39. The lowest BCUT2D eigenvalue weighted by molar-refractivity contribution is 0.0338. The molecule has 3 fully saturated rings. The van der Waals surface area contributed by atoms with E-state index < -0.39 is 0 Å². The summed E-state index contributed by atoms with van der Waals surface area (Å²) in [6.07, 6.45) is 7.21. The van der Waals surface area contributed by atoms with E-state index in [9.17, 15) is 0 Å². The first-order valence-electron chi connectivity index (χ1n) is 9.90. The lowest BCUT2D eigenvalue weighted by atomic mass is 9.73. The number of rotatable bonds is 4. The van der Waals surface area contributed by atoms with Crippen LogP contribution in [0.3, 0.4) is 0 Å². The number of benzene rings is 2. The maximum Gasteiger partial charge on any atom is 0.0646 e. The number of piperidine rings is 2. The van der Waals surface area contributed by atoms with Gasteiger partial charge < -0.3 is 5.32 Å². The Hall–Kier alpha value is -2.13. The zero-order valence-corrected chi connectivity index (χ0v) is 15.5. The standard InChI is InChI=1S/C23H27N3/c1-17-2-4-18(5-3-17)15-26-16-23(10-8-22(26)9-11-23)25-21-7-6-19-13-24-14-20(19)12-21/h2-7,12,14,22,25H,8-11,13,15-16H2,1H3. The number of hydrogen-bond acceptors (Lipinski definition) is 3. The zero-order chi connectivity index (χ0) is 17.6. The van der Waals surface area contributed by atoms with Crippen LogP contribution in [0, 0.1) is 6.92 Å². The van der Waals surface area contributed by atoms with E-state index in [1.54, 1.807) is 0 Å². The van der Waals surface area contributed by atoms with Gasteiger partial charge in [0.25, 0.3) is 0 Å². The fourth-order valence-corrected chi connectivity index (χ4v) is 4.96. The summed E-state index contributed by atoms with van der Waals surface area (Å²) in [5, 5.41) is 3.93. The molecule has 3 heterocycles. The summed E-state index contributed by atoms with van der Waals surface area (Å²) < 4.78 is 0. The van der Waals surface area contributed by atoms with E-state index in [0.717, 1.165) is 25.7 Å². The molecule has 2 aromatic rings. The minimum Gasteiger partial charge on any atom is -0.378 e. The Labute approximate surface area is 156 Å². The van der Waals surface area contributed by atoms with Gasteiger partial charge in [0.15, 0.2) is 0 Å². The molecule has 134 valence electrons. The van der Waals surface area contributed by atoms with E-state index >= 15 is 0 Å². The van der Waals surface area contributed by atoms with Crippen molar-refractivity contribution in [2.45, 2.75) is 57.3 Å². The molecule has 0 radical (unpaired) electrons. The van der Waals surface area contributed by atoms with Gasteiger partial charge >= 0.3 is 0 Å². The number of fused-ring (bicyclic) bond motifs is 4. The molecule has 1 aliphatic carbocycles. The summed E-state index contributed by atoms with van der Waals surface area (Å²) in [5.74, 6) is 0. The molecule has 0 unspecified atom stereocenters. The monoisotopic (exact) mass is 345 g/mol. The second-order valence-corrected chi connectivity index (χ2v) is 8.41. The van der Waals surface area contributed by atoms with Gasteiger partial charge in [0.05, 0.1) is 12.1 Å². The average Bonchev–Trinajstić information content (AvgIpc) is 3.12. The first-order valence-corrected chi connectivity index (χ1v) is 9.90. The fourth-order valence-electron chi connectivity index (χ4n) is 4.96. The van der Waals surface area contributed by atoms with Crippen molar-refractivity contribution in [3.63, 3.8) is 0 Å². The van der Waals surface area contributed by atoms with E-state index in [-0.39, 0.29) is 5.54 Å². The van der Waals surface area contributed by atoms with E-state index in [1.165, 1.54) is 53.6 Å². The van der Waals surface area contributed by atoms with Gasteiger partial charge in [-0.05, 0) is 61.4 Å². The second-order valence-electron chi connectivity index (χ2n) is 8.41. The van der Waals surface area contributed by atoms with E-state index in [0.29, 0.717) is 0 Å². The summed E-state index contributed by atoms with van der Waals surface area (Å²) >= 11 is 0. The second kappa shape index (κ2) is 6.24. The SMILES string of the molecule is Cc1ccc(CN2CC3(Nc4ccc5c(c4)C=NC5)CCC2CC3)cc1. The molecule has 3 aliphatic heterocycles. The van der Waals surface area contributed by atoms with Gasteiger partial charge in [-0.2, -0.15) is 0 Å². The van der Waals surface area contributed by atoms with Crippen LogP contribution < -0.4 is 5.32 Å². The van der Waals surface area contributed by atoms with E-state index in [1.807, 2.05) is 6.21 Å². The molecule has 2 bridgehead atoms. The van der Waals surface area contributed by atoms with Crippen molar-refractivity contribution >= 4 is 11.9 Å². The molecule has 0 atom stereocenters. The molecule has 1 N–H and O–H groups in total. The van der Waals surface area contributed by atoms with Crippen LogP contribution >= 0.6 is 0 Å². The highest BCUT2D eigenvalue weighted by atomic mass is 15.2. The number of aryl methyl sites for hydroxylation is 1. The number of nitrogens with zero attached hydrogens (tertiary/aromatic N) is 2. The summed E-state index contributed by atoms with van der Waals surface area (Å²) in [5.41, 5.74) is 6.89. The van der Waals surface area contributed by atoms with Crippen molar-refractivity contribution in [2.24, 2.45) is 4.99 Å². The summed E-state index contributed by atoms with van der Waals surface area (Å²) in [4.78, 5) is 7.10. The predicted octanol–water partition coefficient (Wildman–Crippen LogP) is 4.54. The first-order chi connectivity index (χ1) is 12.7. The van der Waals surface area contributed by atoms with Crippen LogP contribution in [0.1, 0.15) is 47.9 Å². The average molecular weight is 345 g/mol. The molecule has 26 heavy (non-hydrogen) atoms. The molecule has 1 saturated carbocycles. The Balaban J connectivity index is 1.33. The van der Waals surface area contributed by atoms with Crippen LogP contribution in [0.4, 0.5) is 5.69 Å². The van der Waals surface area contributed by atoms with Crippen LogP contribution in [0.15, 0.2) is 47.5 Å². The maximum absolute atomic E-state index is 4.39. The van der Waals surface area contributed by atoms with E-state index in [2.05, 4.69) is 64.6 Å². The third kappa shape index (κ3) is 2.95. The van der Waals surface area contributed by atoms with Crippen molar-refractivity contribution in [2.75, 3.05) is 11.9 Å². The molecule has 6 rings (SSSR count). The molecule has 2 aromatic carbocycles. The molecule has 0 spiro atoms. The molecule has 4 aliphatic rings. The number of hydrogen-bond donors (Lipinski definition) is 1. The van der Waals surface area contributed by atoms with Crippen LogP contribution in [0.5, 0.6) is 0 Å². The fraction of sp³-hybridized carbons (Fsp3) is 0.435. The molecule has 2 saturated heterocycles. The molecule has 0 amide bonds. The Kier molecular flexibility index (Phi) is 3.86. The lowest BCUT2D eigenvalue weighted by Crippen LogP contribution is -2.60. The smallest absolute Gasteiger partial charge is 0.0646 e. The normalized spacial score (nSPS) is 26.9. The Morgan fingerprint density at radius 2 is 1.92 bits per heavy atom. The molecule has 0 aromatic heterocycles. The van der Waals surface area contributed by atoms with Crippen molar-refractivity contribution < 1.29 is 0 Å². The van der Waals surface area contributed by atoms with Gasteiger partial charge in [-0.1, -0.05) is 35.9 Å². The molecule has 3 nitrogen and oxygen atoms in total.